The van der Waals surface area contributed by atoms with E-state index in [1.165, 1.54) is 25.7 Å². The van der Waals surface area contributed by atoms with E-state index >= 15 is 0 Å². The van der Waals surface area contributed by atoms with Crippen LogP contribution in [0.5, 0.6) is 0 Å². The highest BCUT2D eigenvalue weighted by Gasteiger charge is 2.58. The Bertz CT molecular complexity index is 319. The molecule has 2 heteroatoms. The third kappa shape index (κ3) is 1.84. The molecule has 1 saturated carbocycles. The zero-order valence-electron chi connectivity index (χ0n) is 11.7. The molecule has 4 atom stereocenters. The third-order valence-corrected chi connectivity index (χ3v) is 5.32. The molecule has 3 rings (SSSR count). The summed E-state index contributed by atoms with van der Waals surface area (Å²) in [6, 6.07) is 0. The molecule has 0 aromatic rings. The second-order valence-electron chi connectivity index (χ2n) is 7.73. The summed E-state index contributed by atoms with van der Waals surface area (Å²) in [6.07, 6.45) is 6.13. The van der Waals surface area contributed by atoms with Gasteiger partial charge in [-0.15, -0.1) is 0 Å². The lowest BCUT2D eigenvalue weighted by atomic mass is 9.65. The first-order valence-electron chi connectivity index (χ1n) is 7.17. The monoisotopic (exact) mass is 238 g/mol. The number of rotatable bonds is 0. The van der Waals surface area contributed by atoms with Crippen LogP contribution in [0, 0.1) is 17.3 Å². The molecule has 1 aliphatic carbocycles. The van der Waals surface area contributed by atoms with E-state index in [-0.39, 0.29) is 11.4 Å². The highest BCUT2D eigenvalue weighted by Crippen LogP contribution is 2.55. The highest BCUT2D eigenvalue weighted by molar-refractivity contribution is 5.01. The molecule has 2 heterocycles. The Hall–Kier alpha value is -0.0800. The van der Waals surface area contributed by atoms with E-state index in [0.29, 0.717) is 11.3 Å². The SMILES string of the molecule is CC(C)(C)[C@@H]1CC[C@@]23OC[C@@](C)(CC[C@@H]2C1)O3. The van der Waals surface area contributed by atoms with Crippen molar-refractivity contribution in [2.75, 3.05) is 6.61 Å². The Morgan fingerprint density at radius 2 is 1.88 bits per heavy atom. The van der Waals surface area contributed by atoms with Gasteiger partial charge in [-0.2, -0.15) is 0 Å². The average Bonchev–Trinajstić information content (AvgIpc) is 2.49. The van der Waals surface area contributed by atoms with Crippen molar-refractivity contribution in [2.45, 2.75) is 71.2 Å². The second-order valence-corrected chi connectivity index (χ2v) is 7.73. The molecule has 3 aliphatic rings. The summed E-state index contributed by atoms with van der Waals surface area (Å²) in [5.41, 5.74) is 0.450. The largest absolute Gasteiger partial charge is 0.347 e. The predicted molar refractivity (Wildman–Crippen MR) is 67.7 cm³/mol. The van der Waals surface area contributed by atoms with Gasteiger partial charge in [0.15, 0.2) is 5.79 Å². The average molecular weight is 238 g/mol. The second kappa shape index (κ2) is 3.48. The summed E-state index contributed by atoms with van der Waals surface area (Å²) >= 11 is 0. The van der Waals surface area contributed by atoms with Crippen molar-refractivity contribution in [1.82, 2.24) is 0 Å². The zero-order chi connectivity index (χ0) is 12.3. The fourth-order valence-electron chi connectivity index (χ4n) is 4.02. The van der Waals surface area contributed by atoms with Crippen LogP contribution in [0.2, 0.25) is 0 Å². The molecule has 0 aromatic heterocycles. The zero-order valence-corrected chi connectivity index (χ0v) is 11.7. The van der Waals surface area contributed by atoms with Gasteiger partial charge < -0.3 is 9.47 Å². The molecular formula is C15H26O2. The maximum atomic E-state index is 6.32. The van der Waals surface area contributed by atoms with E-state index in [4.69, 9.17) is 9.47 Å². The van der Waals surface area contributed by atoms with Gasteiger partial charge in [-0.05, 0) is 43.9 Å². The Morgan fingerprint density at radius 3 is 2.59 bits per heavy atom. The lowest BCUT2D eigenvalue weighted by Crippen LogP contribution is -2.50. The van der Waals surface area contributed by atoms with Crippen LogP contribution in [0.15, 0.2) is 0 Å². The third-order valence-electron chi connectivity index (χ3n) is 5.32. The maximum absolute atomic E-state index is 6.32. The first-order valence-corrected chi connectivity index (χ1v) is 7.17. The van der Waals surface area contributed by atoms with E-state index in [1.807, 2.05) is 0 Å². The predicted octanol–water partition coefficient (Wildman–Crippen LogP) is 3.74. The maximum Gasteiger partial charge on any atom is 0.172 e. The van der Waals surface area contributed by atoms with Gasteiger partial charge in [-0.1, -0.05) is 20.8 Å². The van der Waals surface area contributed by atoms with Gasteiger partial charge in [0.05, 0.1) is 12.2 Å². The Morgan fingerprint density at radius 1 is 1.12 bits per heavy atom. The molecule has 2 bridgehead atoms. The van der Waals surface area contributed by atoms with Crippen molar-refractivity contribution < 1.29 is 9.47 Å². The number of hydrogen-bond donors (Lipinski definition) is 0. The van der Waals surface area contributed by atoms with E-state index in [0.717, 1.165) is 18.9 Å². The van der Waals surface area contributed by atoms with Crippen molar-refractivity contribution in [2.24, 2.45) is 17.3 Å². The van der Waals surface area contributed by atoms with Gasteiger partial charge in [0.1, 0.15) is 0 Å². The first kappa shape index (κ1) is 12.0. The van der Waals surface area contributed by atoms with Crippen molar-refractivity contribution in [1.29, 1.82) is 0 Å². The molecule has 0 aromatic carbocycles. The minimum absolute atomic E-state index is 0.0189. The van der Waals surface area contributed by atoms with Crippen LogP contribution in [-0.4, -0.2) is 18.0 Å². The Balaban J connectivity index is 1.78. The quantitative estimate of drug-likeness (QED) is 0.640. The molecule has 0 N–H and O–H groups in total. The first-order chi connectivity index (χ1) is 7.83. The summed E-state index contributed by atoms with van der Waals surface area (Å²) in [7, 11) is 0. The molecule has 1 spiro atoms. The summed E-state index contributed by atoms with van der Waals surface area (Å²) in [4.78, 5) is 0. The molecule has 2 nitrogen and oxygen atoms in total. The van der Waals surface area contributed by atoms with Crippen LogP contribution in [0.3, 0.4) is 0 Å². The molecule has 2 aliphatic heterocycles. The van der Waals surface area contributed by atoms with Crippen molar-refractivity contribution in [3.05, 3.63) is 0 Å². The number of fused-ring (bicyclic) bond motifs is 1. The minimum Gasteiger partial charge on any atom is -0.347 e. The summed E-state index contributed by atoms with van der Waals surface area (Å²) in [6.45, 7) is 10.1. The van der Waals surface area contributed by atoms with Crippen LogP contribution in [0.25, 0.3) is 0 Å². The van der Waals surface area contributed by atoms with Gasteiger partial charge in [0.25, 0.3) is 0 Å². The summed E-state index contributed by atoms with van der Waals surface area (Å²) < 4.78 is 12.4. The molecule has 3 fully saturated rings. The highest BCUT2D eigenvalue weighted by atomic mass is 16.8. The molecule has 0 radical (unpaired) electrons. The van der Waals surface area contributed by atoms with Crippen LogP contribution in [0.1, 0.15) is 59.8 Å². The van der Waals surface area contributed by atoms with Crippen LogP contribution < -0.4 is 0 Å². The van der Waals surface area contributed by atoms with Crippen LogP contribution in [-0.2, 0) is 9.47 Å². The van der Waals surface area contributed by atoms with Gasteiger partial charge >= 0.3 is 0 Å². The van der Waals surface area contributed by atoms with Gasteiger partial charge in [-0.3, -0.25) is 0 Å². The van der Waals surface area contributed by atoms with Crippen molar-refractivity contribution in [3.63, 3.8) is 0 Å². The summed E-state index contributed by atoms with van der Waals surface area (Å²) in [5, 5.41) is 0. The van der Waals surface area contributed by atoms with E-state index < -0.39 is 0 Å². The summed E-state index contributed by atoms with van der Waals surface area (Å²) in [5.74, 6) is 1.26. The van der Waals surface area contributed by atoms with Crippen LogP contribution in [0.4, 0.5) is 0 Å². The smallest absolute Gasteiger partial charge is 0.172 e. The molecule has 98 valence electrons. The van der Waals surface area contributed by atoms with Crippen LogP contribution >= 0.6 is 0 Å². The molecule has 2 saturated heterocycles. The van der Waals surface area contributed by atoms with E-state index in [1.54, 1.807) is 0 Å². The van der Waals surface area contributed by atoms with E-state index in [2.05, 4.69) is 27.7 Å². The number of ether oxygens (including phenoxy) is 2. The molecule has 0 amide bonds. The molecule has 0 unspecified atom stereocenters. The topological polar surface area (TPSA) is 18.5 Å². The minimum atomic E-state index is -0.200. The normalized spacial score (nSPS) is 50.1. The standard InChI is InChI=1S/C15H26O2/c1-13(2,3)11-6-8-15-12(9-11)5-7-14(4,17-15)10-16-15/h11-12H,5-10H2,1-4H3/t11-,12-,14-,15+/m1/s1. The number of hydrogen-bond acceptors (Lipinski definition) is 2. The Labute approximate surface area is 105 Å². The van der Waals surface area contributed by atoms with E-state index in [9.17, 15) is 0 Å². The van der Waals surface area contributed by atoms with Gasteiger partial charge in [-0.25, -0.2) is 0 Å². The fraction of sp³-hybridized carbons (Fsp3) is 1.00. The molecular weight excluding hydrogens is 212 g/mol. The fourth-order valence-corrected chi connectivity index (χ4v) is 4.02. The lowest BCUT2D eigenvalue weighted by Gasteiger charge is -2.49. The molecule has 17 heavy (non-hydrogen) atoms. The lowest BCUT2D eigenvalue weighted by molar-refractivity contribution is -0.263. The van der Waals surface area contributed by atoms with Gasteiger partial charge in [0.2, 0.25) is 0 Å². The van der Waals surface area contributed by atoms with Crippen molar-refractivity contribution in [3.8, 4) is 0 Å². The Kier molecular flexibility index (Phi) is 2.45. The van der Waals surface area contributed by atoms with Crippen molar-refractivity contribution >= 4 is 0 Å². The van der Waals surface area contributed by atoms with Gasteiger partial charge in [0, 0.05) is 12.3 Å².